The van der Waals surface area contributed by atoms with Gasteiger partial charge >= 0.3 is 0 Å². The number of carbonyl (C=O) groups excluding carboxylic acids is 1. The van der Waals surface area contributed by atoms with Crippen LogP contribution in [0.4, 0.5) is 0 Å². The van der Waals surface area contributed by atoms with Gasteiger partial charge in [-0.1, -0.05) is 30.1 Å². The summed E-state index contributed by atoms with van der Waals surface area (Å²) in [5.74, 6) is -0.527. The number of carbonyl (C=O) groups is 1. The van der Waals surface area contributed by atoms with E-state index in [0.717, 1.165) is 5.56 Å². The molecule has 1 heterocycles. The van der Waals surface area contributed by atoms with Crippen molar-refractivity contribution in [2.75, 3.05) is 0 Å². The third-order valence-electron chi connectivity index (χ3n) is 3.20. The first kappa shape index (κ1) is 14.9. The summed E-state index contributed by atoms with van der Waals surface area (Å²) in [6.07, 6.45) is 0.622. The normalized spacial score (nSPS) is 10.8. The van der Waals surface area contributed by atoms with Crippen molar-refractivity contribution in [2.24, 2.45) is 7.05 Å². The van der Waals surface area contributed by atoms with Crippen LogP contribution < -0.4 is 0 Å². The topological polar surface area (TPSA) is 55.1 Å². The van der Waals surface area contributed by atoms with Crippen molar-refractivity contribution < 1.29 is 9.90 Å². The van der Waals surface area contributed by atoms with Crippen molar-refractivity contribution in [3.63, 3.8) is 0 Å². The summed E-state index contributed by atoms with van der Waals surface area (Å²) in [5.41, 5.74) is 1.66. The van der Waals surface area contributed by atoms with Gasteiger partial charge in [-0.25, -0.2) is 4.68 Å². The number of aromatic hydroxyl groups is 1. The second-order valence-electron chi connectivity index (χ2n) is 4.48. The highest BCUT2D eigenvalue weighted by molar-refractivity contribution is 6.39. The van der Waals surface area contributed by atoms with E-state index in [4.69, 9.17) is 23.2 Å². The Morgan fingerprint density at radius 2 is 2.05 bits per heavy atom. The zero-order chi connectivity index (χ0) is 15.0. The fraction of sp³-hybridized carbons (Fsp3) is 0.286. The average molecular weight is 313 g/mol. The van der Waals surface area contributed by atoms with E-state index in [1.54, 1.807) is 26.1 Å². The first-order valence-electron chi connectivity index (χ1n) is 6.12. The minimum absolute atomic E-state index is 0.166. The number of rotatable bonds is 3. The largest absolute Gasteiger partial charge is 0.493 e. The van der Waals surface area contributed by atoms with E-state index in [-0.39, 0.29) is 17.2 Å². The molecule has 0 bridgehead atoms. The fourth-order valence-corrected chi connectivity index (χ4v) is 2.87. The SMILES string of the molecule is CCc1c(Cl)ccc(C(=O)c2c(C)nn(C)c2O)c1Cl. The maximum atomic E-state index is 12.6. The van der Waals surface area contributed by atoms with Crippen molar-refractivity contribution in [2.45, 2.75) is 20.3 Å². The van der Waals surface area contributed by atoms with Crippen molar-refractivity contribution in [1.29, 1.82) is 0 Å². The summed E-state index contributed by atoms with van der Waals surface area (Å²) in [6.45, 7) is 3.58. The van der Waals surface area contributed by atoms with Crippen LogP contribution in [0.1, 0.15) is 34.1 Å². The molecule has 2 aromatic rings. The Balaban J connectivity index is 2.60. The van der Waals surface area contributed by atoms with E-state index in [1.165, 1.54) is 4.68 Å². The molecule has 106 valence electrons. The van der Waals surface area contributed by atoms with Crippen LogP contribution in [-0.2, 0) is 13.5 Å². The van der Waals surface area contributed by atoms with Gasteiger partial charge < -0.3 is 5.11 Å². The number of hydrogen-bond donors (Lipinski definition) is 1. The predicted molar refractivity (Wildman–Crippen MR) is 78.9 cm³/mol. The van der Waals surface area contributed by atoms with Gasteiger partial charge in [-0.3, -0.25) is 4.79 Å². The Bertz CT molecular complexity index is 693. The zero-order valence-electron chi connectivity index (χ0n) is 11.4. The zero-order valence-corrected chi connectivity index (χ0v) is 12.9. The molecule has 0 saturated carbocycles. The molecule has 0 fully saturated rings. The lowest BCUT2D eigenvalue weighted by molar-refractivity contribution is 0.103. The summed E-state index contributed by atoms with van der Waals surface area (Å²) in [4.78, 5) is 12.6. The number of benzene rings is 1. The fourth-order valence-electron chi connectivity index (χ4n) is 2.14. The van der Waals surface area contributed by atoms with E-state index >= 15 is 0 Å². The molecule has 0 radical (unpaired) electrons. The van der Waals surface area contributed by atoms with Crippen LogP contribution in [0.15, 0.2) is 12.1 Å². The molecule has 2 rings (SSSR count). The van der Waals surface area contributed by atoms with Gasteiger partial charge in [0.25, 0.3) is 0 Å². The van der Waals surface area contributed by atoms with Gasteiger partial charge in [0.2, 0.25) is 11.7 Å². The standard InChI is InChI=1S/C14H14Cl2N2O2/c1-4-8-10(15)6-5-9(12(8)16)13(19)11-7(2)17-18(3)14(11)20/h5-6,20H,4H2,1-3H3. The van der Waals surface area contributed by atoms with Crippen LogP contribution >= 0.6 is 23.2 Å². The second-order valence-corrected chi connectivity index (χ2v) is 5.26. The minimum Gasteiger partial charge on any atom is -0.493 e. The number of halogens is 2. The molecule has 0 unspecified atom stereocenters. The minimum atomic E-state index is -0.357. The lowest BCUT2D eigenvalue weighted by Crippen LogP contribution is -2.05. The summed E-state index contributed by atoms with van der Waals surface area (Å²) in [6, 6.07) is 3.21. The van der Waals surface area contributed by atoms with Gasteiger partial charge in [0.1, 0.15) is 5.56 Å². The first-order chi connectivity index (χ1) is 9.38. The highest BCUT2D eigenvalue weighted by atomic mass is 35.5. The molecule has 0 spiro atoms. The molecular formula is C14H14Cl2N2O2. The molecule has 0 saturated heterocycles. The number of aromatic nitrogens is 2. The van der Waals surface area contributed by atoms with Crippen LogP contribution in [0.25, 0.3) is 0 Å². The van der Waals surface area contributed by atoms with Crippen LogP contribution in [0.3, 0.4) is 0 Å². The summed E-state index contributed by atoms with van der Waals surface area (Å²) in [5, 5.41) is 14.8. The second kappa shape index (κ2) is 5.46. The first-order valence-corrected chi connectivity index (χ1v) is 6.88. The van der Waals surface area contributed by atoms with Crippen LogP contribution in [-0.4, -0.2) is 20.7 Å². The summed E-state index contributed by atoms with van der Waals surface area (Å²) in [7, 11) is 1.57. The Hall–Kier alpha value is -1.52. The smallest absolute Gasteiger partial charge is 0.220 e. The lowest BCUT2D eigenvalue weighted by Gasteiger charge is -2.09. The molecule has 6 heteroatoms. The lowest BCUT2D eigenvalue weighted by atomic mass is 10.0. The van der Waals surface area contributed by atoms with Crippen LogP contribution in [0.5, 0.6) is 5.88 Å². The highest BCUT2D eigenvalue weighted by Crippen LogP contribution is 2.32. The molecule has 1 N–H and O–H groups in total. The molecule has 4 nitrogen and oxygen atoms in total. The number of nitrogens with zero attached hydrogens (tertiary/aromatic N) is 2. The molecule has 1 aromatic carbocycles. The maximum Gasteiger partial charge on any atom is 0.220 e. The Labute approximate surface area is 126 Å². The van der Waals surface area contributed by atoms with E-state index in [9.17, 15) is 9.90 Å². The Kier molecular flexibility index (Phi) is 4.06. The molecular weight excluding hydrogens is 299 g/mol. The number of ketones is 1. The van der Waals surface area contributed by atoms with Gasteiger partial charge in [-0.2, -0.15) is 5.10 Å². The predicted octanol–water partition coefficient (Wildman–Crippen LogP) is 3.53. The Morgan fingerprint density at radius 3 is 2.55 bits per heavy atom. The van der Waals surface area contributed by atoms with Gasteiger partial charge in [0.05, 0.1) is 10.7 Å². The van der Waals surface area contributed by atoms with E-state index in [2.05, 4.69) is 5.10 Å². The monoisotopic (exact) mass is 312 g/mol. The van der Waals surface area contributed by atoms with Crippen LogP contribution in [0, 0.1) is 6.92 Å². The third-order valence-corrected chi connectivity index (χ3v) is 3.99. The van der Waals surface area contributed by atoms with E-state index < -0.39 is 0 Å². The van der Waals surface area contributed by atoms with E-state index in [1.807, 2.05) is 6.92 Å². The van der Waals surface area contributed by atoms with Crippen molar-refractivity contribution in [3.05, 3.63) is 44.6 Å². The number of hydrogen-bond acceptors (Lipinski definition) is 3. The Morgan fingerprint density at radius 1 is 1.40 bits per heavy atom. The van der Waals surface area contributed by atoms with Gasteiger partial charge in [-0.05, 0) is 31.0 Å². The van der Waals surface area contributed by atoms with Gasteiger partial charge in [0, 0.05) is 17.6 Å². The quantitative estimate of drug-likeness (QED) is 0.882. The third kappa shape index (κ3) is 2.30. The molecule has 0 atom stereocenters. The molecule has 0 amide bonds. The summed E-state index contributed by atoms with van der Waals surface area (Å²) < 4.78 is 1.26. The average Bonchev–Trinajstić information content (AvgIpc) is 2.63. The molecule has 1 aromatic heterocycles. The molecule has 20 heavy (non-hydrogen) atoms. The van der Waals surface area contributed by atoms with Gasteiger partial charge in [0.15, 0.2) is 0 Å². The van der Waals surface area contributed by atoms with Crippen LogP contribution in [0.2, 0.25) is 10.0 Å². The van der Waals surface area contributed by atoms with Crippen molar-refractivity contribution in [1.82, 2.24) is 9.78 Å². The van der Waals surface area contributed by atoms with E-state index in [0.29, 0.717) is 27.7 Å². The van der Waals surface area contributed by atoms with Crippen molar-refractivity contribution >= 4 is 29.0 Å². The maximum absolute atomic E-state index is 12.6. The molecule has 0 aliphatic rings. The highest BCUT2D eigenvalue weighted by Gasteiger charge is 2.24. The van der Waals surface area contributed by atoms with Gasteiger partial charge in [-0.15, -0.1) is 0 Å². The summed E-state index contributed by atoms with van der Waals surface area (Å²) >= 11 is 12.3. The van der Waals surface area contributed by atoms with Crippen molar-refractivity contribution in [3.8, 4) is 5.88 Å². The number of aryl methyl sites for hydroxylation is 2. The molecule has 0 aliphatic heterocycles. The molecule has 0 aliphatic carbocycles.